The zero-order chi connectivity index (χ0) is 16.8. The summed E-state index contributed by atoms with van der Waals surface area (Å²) in [5.74, 6) is -1.09. The highest BCUT2D eigenvalue weighted by Gasteiger charge is 2.12. The van der Waals surface area contributed by atoms with Gasteiger partial charge in [0.25, 0.3) is 5.91 Å². The predicted octanol–water partition coefficient (Wildman–Crippen LogP) is 3.63. The molecule has 4 nitrogen and oxygen atoms in total. The molecule has 0 saturated heterocycles. The average Bonchev–Trinajstić information content (AvgIpc) is 2.51. The maximum atomic E-state index is 13.7. The number of hydrogen-bond donors (Lipinski definition) is 2. The monoisotopic (exact) mass is 378 g/mol. The number of carbonyl (C=O) groups is 2. The molecule has 0 bridgehead atoms. The molecular formula is C17H16BrFN2O2. The first kappa shape index (κ1) is 17.1. The average molecular weight is 379 g/mol. The number of halogens is 2. The minimum Gasteiger partial charge on any atom is -0.383 e. The Balaban J connectivity index is 1.89. The van der Waals surface area contributed by atoms with Gasteiger partial charge in [-0.15, -0.1) is 0 Å². The Morgan fingerprint density at radius 2 is 1.78 bits per heavy atom. The smallest absolute Gasteiger partial charge is 0.251 e. The molecule has 0 spiro atoms. The molecule has 1 amide bonds. The van der Waals surface area contributed by atoms with Crippen LogP contribution < -0.4 is 10.6 Å². The molecular weight excluding hydrogens is 363 g/mol. The van der Waals surface area contributed by atoms with Crippen LogP contribution in [0.3, 0.4) is 0 Å². The molecule has 120 valence electrons. The van der Waals surface area contributed by atoms with Crippen LogP contribution in [0.15, 0.2) is 46.9 Å². The van der Waals surface area contributed by atoms with Crippen LogP contribution in [-0.4, -0.2) is 24.8 Å². The van der Waals surface area contributed by atoms with E-state index in [1.54, 1.807) is 30.3 Å². The molecule has 2 aromatic rings. The predicted molar refractivity (Wildman–Crippen MR) is 91.4 cm³/mol. The van der Waals surface area contributed by atoms with Crippen molar-refractivity contribution in [2.45, 2.75) is 6.92 Å². The summed E-state index contributed by atoms with van der Waals surface area (Å²) in [6.45, 7) is 2.05. The van der Waals surface area contributed by atoms with Crippen LogP contribution in [0.5, 0.6) is 0 Å². The summed E-state index contributed by atoms with van der Waals surface area (Å²) >= 11 is 3.31. The SMILES string of the molecule is CC(=O)c1c(F)cccc1NCCNC(=O)c1ccc(Br)cc1. The Morgan fingerprint density at radius 1 is 1.09 bits per heavy atom. The van der Waals surface area contributed by atoms with E-state index >= 15 is 0 Å². The fourth-order valence-corrected chi connectivity index (χ4v) is 2.37. The van der Waals surface area contributed by atoms with E-state index < -0.39 is 5.82 Å². The van der Waals surface area contributed by atoms with Gasteiger partial charge in [-0.1, -0.05) is 22.0 Å². The van der Waals surface area contributed by atoms with Crippen molar-refractivity contribution in [2.75, 3.05) is 18.4 Å². The van der Waals surface area contributed by atoms with E-state index in [1.807, 2.05) is 0 Å². The number of ketones is 1. The van der Waals surface area contributed by atoms with Crippen molar-refractivity contribution >= 4 is 33.3 Å². The lowest BCUT2D eigenvalue weighted by Gasteiger charge is -2.11. The summed E-state index contributed by atoms with van der Waals surface area (Å²) in [5, 5.41) is 5.72. The Kier molecular flexibility index (Phi) is 5.87. The number of amides is 1. The van der Waals surface area contributed by atoms with Crippen molar-refractivity contribution < 1.29 is 14.0 Å². The van der Waals surface area contributed by atoms with E-state index in [4.69, 9.17) is 0 Å². The lowest BCUT2D eigenvalue weighted by molar-refractivity contribution is 0.0953. The van der Waals surface area contributed by atoms with Crippen molar-refractivity contribution in [2.24, 2.45) is 0 Å². The Labute approximate surface area is 142 Å². The summed E-state index contributed by atoms with van der Waals surface area (Å²) in [7, 11) is 0. The third-order valence-electron chi connectivity index (χ3n) is 3.20. The van der Waals surface area contributed by atoms with Gasteiger partial charge < -0.3 is 10.6 Å². The topological polar surface area (TPSA) is 58.2 Å². The van der Waals surface area contributed by atoms with Gasteiger partial charge in [0.1, 0.15) is 5.82 Å². The van der Waals surface area contributed by atoms with Gasteiger partial charge in [-0.2, -0.15) is 0 Å². The van der Waals surface area contributed by atoms with Gasteiger partial charge in [-0.25, -0.2) is 4.39 Å². The van der Waals surface area contributed by atoms with Gasteiger partial charge in [0.2, 0.25) is 0 Å². The van der Waals surface area contributed by atoms with Crippen LogP contribution in [-0.2, 0) is 0 Å². The van der Waals surface area contributed by atoms with E-state index in [0.717, 1.165) is 4.47 Å². The first-order valence-electron chi connectivity index (χ1n) is 7.06. The molecule has 0 fully saturated rings. The lowest BCUT2D eigenvalue weighted by atomic mass is 10.1. The molecule has 0 unspecified atom stereocenters. The molecule has 0 atom stereocenters. The van der Waals surface area contributed by atoms with Crippen molar-refractivity contribution in [3.63, 3.8) is 0 Å². The van der Waals surface area contributed by atoms with Gasteiger partial charge in [0, 0.05) is 28.8 Å². The van der Waals surface area contributed by atoms with Gasteiger partial charge >= 0.3 is 0 Å². The third-order valence-corrected chi connectivity index (χ3v) is 3.73. The molecule has 0 aromatic heterocycles. The molecule has 0 aliphatic rings. The zero-order valence-electron chi connectivity index (χ0n) is 12.5. The van der Waals surface area contributed by atoms with Crippen molar-refractivity contribution in [1.82, 2.24) is 5.32 Å². The second-order valence-electron chi connectivity index (χ2n) is 4.91. The van der Waals surface area contributed by atoms with Crippen molar-refractivity contribution in [3.05, 3.63) is 63.9 Å². The maximum Gasteiger partial charge on any atom is 0.251 e. The third kappa shape index (κ3) is 4.63. The number of Topliss-reactive ketones (excluding diaryl/α,β-unsaturated/α-hetero) is 1. The van der Waals surface area contributed by atoms with E-state index in [9.17, 15) is 14.0 Å². The minimum atomic E-state index is -0.554. The lowest BCUT2D eigenvalue weighted by Crippen LogP contribution is -2.29. The van der Waals surface area contributed by atoms with E-state index in [-0.39, 0.29) is 17.3 Å². The molecule has 0 heterocycles. The van der Waals surface area contributed by atoms with Gasteiger partial charge in [0.15, 0.2) is 5.78 Å². The summed E-state index contributed by atoms with van der Waals surface area (Å²) in [5.41, 5.74) is 1.02. The first-order chi connectivity index (χ1) is 11.0. The largest absolute Gasteiger partial charge is 0.383 e. The number of anilines is 1. The van der Waals surface area contributed by atoms with E-state index in [1.165, 1.54) is 19.1 Å². The highest BCUT2D eigenvalue weighted by molar-refractivity contribution is 9.10. The Hall–Kier alpha value is -2.21. The molecule has 0 radical (unpaired) electrons. The fourth-order valence-electron chi connectivity index (χ4n) is 2.11. The maximum absolute atomic E-state index is 13.7. The minimum absolute atomic E-state index is 0.0340. The highest BCUT2D eigenvalue weighted by atomic mass is 79.9. The Morgan fingerprint density at radius 3 is 2.43 bits per heavy atom. The quantitative estimate of drug-likeness (QED) is 0.595. The van der Waals surface area contributed by atoms with Crippen LogP contribution >= 0.6 is 15.9 Å². The first-order valence-corrected chi connectivity index (χ1v) is 7.85. The second kappa shape index (κ2) is 7.87. The summed E-state index contributed by atoms with van der Waals surface area (Å²) in [6.07, 6.45) is 0. The molecule has 2 rings (SSSR count). The summed E-state index contributed by atoms with van der Waals surface area (Å²) in [4.78, 5) is 23.4. The van der Waals surface area contributed by atoms with Crippen molar-refractivity contribution in [3.8, 4) is 0 Å². The highest BCUT2D eigenvalue weighted by Crippen LogP contribution is 2.19. The number of hydrogen-bond acceptors (Lipinski definition) is 3. The zero-order valence-corrected chi connectivity index (χ0v) is 14.1. The standard InChI is InChI=1S/C17H16BrFN2O2/c1-11(22)16-14(19)3-2-4-15(16)20-9-10-21-17(23)12-5-7-13(18)8-6-12/h2-8,20H,9-10H2,1H3,(H,21,23). The van der Waals surface area contributed by atoms with Crippen LogP contribution in [0.1, 0.15) is 27.6 Å². The summed E-state index contributed by atoms with van der Waals surface area (Å²) < 4.78 is 14.6. The number of benzene rings is 2. The molecule has 0 saturated carbocycles. The van der Waals surface area contributed by atoms with Crippen molar-refractivity contribution in [1.29, 1.82) is 0 Å². The molecule has 2 aromatic carbocycles. The molecule has 23 heavy (non-hydrogen) atoms. The van der Waals surface area contributed by atoms with Gasteiger partial charge in [-0.3, -0.25) is 9.59 Å². The van der Waals surface area contributed by atoms with Gasteiger partial charge in [0.05, 0.1) is 5.56 Å². The van der Waals surface area contributed by atoms with E-state index in [0.29, 0.717) is 24.3 Å². The molecule has 6 heteroatoms. The normalized spacial score (nSPS) is 10.2. The van der Waals surface area contributed by atoms with Crippen LogP contribution in [0.25, 0.3) is 0 Å². The Bertz CT molecular complexity index is 717. The number of rotatable bonds is 6. The van der Waals surface area contributed by atoms with Crippen LogP contribution in [0.4, 0.5) is 10.1 Å². The number of carbonyl (C=O) groups excluding carboxylic acids is 2. The summed E-state index contributed by atoms with van der Waals surface area (Å²) in [6, 6.07) is 11.4. The fraction of sp³-hybridized carbons (Fsp3) is 0.176. The van der Waals surface area contributed by atoms with E-state index in [2.05, 4.69) is 26.6 Å². The number of nitrogens with one attached hydrogen (secondary N) is 2. The van der Waals surface area contributed by atoms with Gasteiger partial charge in [-0.05, 0) is 43.3 Å². The second-order valence-corrected chi connectivity index (χ2v) is 5.82. The molecule has 2 N–H and O–H groups in total. The molecule has 0 aliphatic carbocycles. The molecule has 0 aliphatic heterocycles. The van der Waals surface area contributed by atoms with Crippen LogP contribution in [0.2, 0.25) is 0 Å². The van der Waals surface area contributed by atoms with Crippen LogP contribution in [0, 0.1) is 5.82 Å².